The van der Waals surface area contributed by atoms with Gasteiger partial charge in [0.15, 0.2) is 5.78 Å². The van der Waals surface area contributed by atoms with E-state index in [1.807, 2.05) is 19.1 Å². The van der Waals surface area contributed by atoms with Crippen molar-refractivity contribution in [2.45, 2.75) is 13.0 Å². The maximum absolute atomic E-state index is 11.6. The summed E-state index contributed by atoms with van der Waals surface area (Å²) >= 11 is 5.87. The van der Waals surface area contributed by atoms with Gasteiger partial charge in [-0.1, -0.05) is 23.7 Å². The first-order valence-corrected chi connectivity index (χ1v) is 4.50. The fraction of sp³-hybridized carbons (Fsp3) is 0.300. The van der Waals surface area contributed by atoms with Gasteiger partial charge in [-0.3, -0.25) is 4.79 Å². The minimum atomic E-state index is -0.195. The summed E-state index contributed by atoms with van der Waals surface area (Å²) in [6, 6.07) is 6.88. The second-order valence-electron chi connectivity index (χ2n) is 2.85. The molecule has 0 spiro atoms. The van der Waals surface area contributed by atoms with Gasteiger partial charge in [0, 0.05) is 5.56 Å². The summed E-state index contributed by atoms with van der Waals surface area (Å²) in [5.74, 6) is 0.0214. The summed E-state index contributed by atoms with van der Waals surface area (Å²) in [6.45, 7) is 1.81. The van der Waals surface area contributed by atoms with E-state index in [0.29, 0.717) is 10.6 Å². The van der Waals surface area contributed by atoms with Crippen molar-refractivity contribution in [3.8, 4) is 0 Å². The lowest BCUT2D eigenvalue weighted by atomic mass is 10.1. The molecule has 1 atom stereocenters. The van der Waals surface area contributed by atoms with Crippen LogP contribution in [0.1, 0.15) is 17.3 Å². The van der Waals surface area contributed by atoms with Gasteiger partial charge in [0.25, 0.3) is 0 Å². The van der Waals surface area contributed by atoms with Crippen LogP contribution in [-0.4, -0.2) is 18.9 Å². The summed E-state index contributed by atoms with van der Waals surface area (Å²) in [4.78, 5) is 11.6. The van der Waals surface area contributed by atoms with Gasteiger partial charge in [-0.05, 0) is 26.1 Å². The molecule has 2 nitrogen and oxygen atoms in total. The molecule has 0 aliphatic carbocycles. The fourth-order valence-electron chi connectivity index (χ4n) is 1.03. The zero-order chi connectivity index (χ0) is 9.84. The van der Waals surface area contributed by atoms with E-state index in [1.165, 1.54) is 0 Å². The molecule has 4 heteroatoms. The molecule has 0 radical (unpaired) electrons. The van der Waals surface area contributed by atoms with Crippen LogP contribution in [0.4, 0.5) is 0 Å². The topological polar surface area (TPSA) is 29.1 Å². The van der Waals surface area contributed by atoms with E-state index in [9.17, 15) is 4.79 Å². The summed E-state index contributed by atoms with van der Waals surface area (Å²) < 4.78 is 0. The Labute approximate surface area is 95.1 Å². The number of hydrogen-bond donors (Lipinski definition) is 1. The van der Waals surface area contributed by atoms with E-state index in [1.54, 1.807) is 19.2 Å². The van der Waals surface area contributed by atoms with Crippen LogP contribution in [0.15, 0.2) is 24.3 Å². The average Bonchev–Trinajstić information content (AvgIpc) is 2.16. The van der Waals surface area contributed by atoms with Crippen LogP contribution in [0.5, 0.6) is 0 Å². The molecule has 1 N–H and O–H groups in total. The van der Waals surface area contributed by atoms with Gasteiger partial charge in [0.2, 0.25) is 0 Å². The Morgan fingerprint density at radius 2 is 2.00 bits per heavy atom. The van der Waals surface area contributed by atoms with Crippen molar-refractivity contribution in [2.75, 3.05) is 7.05 Å². The Hall–Kier alpha value is -0.570. The second kappa shape index (κ2) is 6.02. The molecule has 0 aromatic heterocycles. The van der Waals surface area contributed by atoms with Gasteiger partial charge < -0.3 is 5.32 Å². The smallest absolute Gasteiger partial charge is 0.180 e. The number of Topliss-reactive ketones (excluding diaryl/α,β-unsaturated/α-hetero) is 1. The number of carbonyl (C=O) groups is 1. The summed E-state index contributed by atoms with van der Waals surface area (Å²) in [7, 11) is 1.75. The Morgan fingerprint density at radius 1 is 1.43 bits per heavy atom. The molecule has 0 aliphatic heterocycles. The van der Waals surface area contributed by atoms with Crippen molar-refractivity contribution in [1.82, 2.24) is 5.32 Å². The summed E-state index contributed by atoms with van der Waals surface area (Å²) in [5.41, 5.74) is 0.575. The molecule has 0 amide bonds. The highest BCUT2D eigenvalue weighted by Crippen LogP contribution is 2.16. The van der Waals surface area contributed by atoms with Crippen molar-refractivity contribution in [1.29, 1.82) is 0 Å². The van der Waals surface area contributed by atoms with E-state index in [4.69, 9.17) is 11.6 Å². The number of ketones is 1. The van der Waals surface area contributed by atoms with Crippen LogP contribution in [0.2, 0.25) is 5.02 Å². The van der Waals surface area contributed by atoms with Crippen LogP contribution in [0.25, 0.3) is 0 Å². The molecule has 0 saturated carbocycles. The van der Waals surface area contributed by atoms with Crippen LogP contribution >= 0.6 is 24.0 Å². The highest BCUT2D eigenvalue weighted by molar-refractivity contribution is 6.34. The molecule has 1 aromatic rings. The molecule has 1 rings (SSSR count). The number of benzene rings is 1. The third kappa shape index (κ3) is 2.98. The molecule has 0 fully saturated rings. The molecule has 1 aromatic carbocycles. The Morgan fingerprint density at radius 3 is 2.50 bits per heavy atom. The van der Waals surface area contributed by atoms with E-state index >= 15 is 0 Å². The quantitative estimate of drug-likeness (QED) is 0.814. The number of carbonyl (C=O) groups excluding carboxylic acids is 1. The predicted molar refractivity (Wildman–Crippen MR) is 61.6 cm³/mol. The molecule has 78 valence electrons. The maximum atomic E-state index is 11.6. The molecular weight excluding hydrogens is 221 g/mol. The minimum Gasteiger partial charge on any atom is -0.310 e. The van der Waals surface area contributed by atoms with E-state index in [-0.39, 0.29) is 24.2 Å². The van der Waals surface area contributed by atoms with Gasteiger partial charge in [-0.25, -0.2) is 0 Å². The third-order valence-electron chi connectivity index (χ3n) is 1.97. The first-order chi connectivity index (χ1) is 6.16. The molecule has 0 aliphatic rings. The number of nitrogens with one attached hydrogen (secondary N) is 1. The zero-order valence-electron chi connectivity index (χ0n) is 8.08. The van der Waals surface area contributed by atoms with Crippen molar-refractivity contribution < 1.29 is 4.79 Å². The molecule has 0 bridgehead atoms. The van der Waals surface area contributed by atoms with Gasteiger partial charge in [0.05, 0.1) is 11.1 Å². The second-order valence-corrected chi connectivity index (χ2v) is 3.26. The Balaban J connectivity index is 0.00000169. The van der Waals surface area contributed by atoms with E-state index in [2.05, 4.69) is 5.32 Å². The van der Waals surface area contributed by atoms with Crippen molar-refractivity contribution in [3.05, 3.63) is 34.9 Å². The molecule has 0 saturated heterocycles. The van der Waals surface area contributed by atoms with Gasteiger partial charge in [-0.15, -0.1) is 12.4 Å². The lowest BCUT2D eigenvalue weighted by Gasteiger charge is -2.09. The van der Waals surface area contributed by atoms with Crippen LogP contribution < -0.4 is 5.32 Å². The number of halogens is 2. The highest BCUT2D eigenvalue weighted by atomic mass is 35.5. The molecule has 14 heavy (non-hydrogen) atoms. The van der Waals surface area contributed by atoms with Gasteiger partial charge in [0.1, 0.15) is 0 Å². The Kier molecular flexibility index (Phi) is 5.77. The predicted octanol–water partition coefficient (Wildman–Crippen LogP) is 2.55. The highest BCUT2D eigenvalue weighted by Gasteiger charge is 2.14. The number of likely N-dealkylation sites (N-methyl/N-ethyl adjacent to an activating group) is 1. The monoisotopic (exact) mass is 233 g/mol. The lowest BCUT2D eigenvalue weighted by Crippen LogP contribution is -2.30. The molecular formula is C10H13Cl2NO. The fourth-order valence-corrected chi connectivity index (χ4v) is 1.25. The maximum Gasteiger partial charge on any atom is 0.180 e. The van der Waals surface area contributed by atoms with Gasteiger partial charge in [-0.2, -0.15) is 0 Å². The normalized spacial score (nSPS) is 11.6. The molecule has 0 heterocycles. The first kappa shape index (κ1) is 13.4. The summed E-state index contributed by atoms with van der Waals surface area (Å²) in [5, 5.41) is 3.39. The van der Waals surface area contributed by atoms with Crippen molar-refractivity contribution in [3.63, 3.8) is 0 Å². The minimum absolute atomic E-state index is 0. The lowest BCUT2D eigenvalue weighted by molar-refractivity contribution is 0.0955. The van der Waals surface area contributed by atoms with Gasteiger partial charge >= 0.3 is 0 Å². The van der Waals surface area contributed by atoms with Crippen LogP contribution in [0.3, 0.4) is 0 Å². The average molecular weight is 234 g/mol. The van der Waals surface area contributed by atoms with E-state index < -0.39 is 0 Å². The SMILES string of the molecule is CNC(C)C(=O)c1ccccc1Cl.Cl. The standard InChI is InChI=1S/C10H12ClNO.ClH/c1-7(12-2)10(13)8-5-3-4-6-9(8)11;/h3-7,12H,1-2H3;1H. The van der Waals surface area contributed by atoms with Crippen LogP contribution in [0, 0.1) is 0 Å². The van der Waals surface area contributed by atoms with Crippen LogP contribution in [-0.2, 0) is 0 Å². The largest absolute Gasteiger partial charge is 0.310 e. The van der Waals surface area contributed by atoms with Crippen molar-refractivity contribution >= 4 is 29.8 Å². The first-order valence-electron chi connectivity index (χ1n) is 4.13. The summed E-state index contributed by atoms with van der Waals surface area (Å²) in [6.07, 6.45) is 0. The number of rotatable bonds is 3. The van der Waals surface area contributed by atoms with E-state index in [0.717, 1.165) is 0 Å². The zero-order valence-corrected chi connectivity index (χ0v) is 9.65. The molecule has 1 unspecified atom stereocenters. The van der Waals surface area contributed by atoms with Crippen molar-refractivity contribution in [2.24, 2.45) is 0 Å². The third-order valence-corrected chi connectivity index (χ3v) is 2.30. The number of hydrogen-bond acceptors (Lipinski definition) is 2. The Bertz CT molecular complexity index is 315.